The van der Waals surface area contributed by atoms with Gasteiger partial charge in [-0.1, -0.05) is 51.8 Å². The van der Waals surface area contributed by atoms with Gasteiger partial charge in [-0.15, -0.1) is 0 Å². The molecule has 2 amide bonds. The molecule has 0 aromatic carbocycles. The predicted molar refractivity (Wildman–Crippen MR) is 139 cm³/mol. The molecule has 5 rings (SSSR count). The SMILES string of the molecule is CC(C)(C)C1CCC2=C(C1)SC1=NC(CCC(=O)N3CCN(C4CCCCC4)CC3)=NC(=O)C12. The van der Waals surface area contributed by atoms with Crippen LogP contribution in [0.5, 0.6) is 0 Å². The van der Waals surface area contributed by atoms with Crippen LogP contribution in [0.25, 0.3) is 0 Å². The van der Waals surface area contributed by atoms with E-state index in [0.29, 0.717) is 24.6 Å². The summed E-state index contributed by atoms with van der Waals surface area (Å²) in [4.78, 5) is 40.9. The molecule has 0 radical (unpaired) electrons. The molecule has 3 aliphatic heterocycles. The molecule has 0 N–H and O–H groups in total. The number of amides is 2. The molecule has 0 spiro atoms. The number of allylic oxidation sites excluding steroid dienone is 1. The van der Waals surface area contributed by atoms with Gasteiger partial charge in [-0.05, 0) is 53.9 Å². The maximum atomic E-state index is 12.9. The average Bonchev–Trinajstić information content (AvgIpc) is 3.21. The molecule has 0 aromatic heterocycles. The van der Waals surface area contributed by atoms with Crippen molar-refractivity contribution < 1.29 is 9.59 Å². The minimum atomic E-state index is -0.242. The van der Waals surface area contributed by atoms with Gasteiger partial charge in [0.25, 0.3) is 5.91 Å². The first-order valence-electron chi connectivity index (χ1n) is 13.4. The van der Waals surface area contributed by atoms with E-state index >= 15 is 0 Å². The lowest BCUT2D eigenvalue weighted by Gasteiger charge is -2.40. The molecule has 7 heteroatoms. The van der Waals surface area contributed by atoms with Crippen LogP contribution < -0.4 is 0 Å². The first-order chi connectivity index (χ1) is 16.3. The Hall–Kier alpha value is -1.47. The van der Waals surface area contributed by atoms with Crippen LogP contribution >= 0.6 is 11.8 Å². The number of piperazine rings is 1. The van der Waals surface area contributed by atoms with Gasteiger partial charge in [0.05, 0.1) is 5.04 Å². The van der Waals surface area contributed by atoms with Crippen molar-refractivity contribution in [1.82, 2.24) is 9.80 Å². The van der Waals surface area contributed by atoms with E-state index in [4.69, 9.17) is 4.99 Å². The zero-order valence-electron chi connectivity index (χ0n) is 21.1. The third kappa shape index (κ3) is 5.06. The molecule has 0 bridgehead atoms. The van der Waals surface area contributed by atoms with E-state index in [1.54, 1.807) is 11.8 Å². The maximum absolute atomic E-state index is 12.9. The molecular formula is C27H40N4O2S. The van der Waals surface area contributed by atoms with Crippen molar-refractivity contribution in [2.24, 2.45) is 27.2 Å². The predicted octanol–water partition coefficient (Wildman–Crippen LogP) is 5.04. The Balaban J connectivity index is 1.13. The standard InChI is InChI=1S/C27H40N4O2S/c1-27(2,3)18-9-10-20-21(17-18)34-26-24(20)25(33)28-22(29-26)11-12-23(32)31-15-13-30(14-16-31)19-7-5-4-6-8-19/h18-19,24H,4-17H2,1-3H3. The third-order valence-electron chi connectivity index (χ3n) is 8.65. The number of hydrogen-bond acceptors (Lipinski definition) is 5. The molecule has 6 nitrogen and oxygen atoms in total. The number of carbonyl (C=O) groups excluding carboxylic acids is 2. The first kappa shape index (κ1) is 24.2. The fourth-order valence-corrected chi connectivity index (χ4v) is 7.77. The zero-order chi connectivity index (χ0) is 23.9. The molecule has 1 saturated carbocycles. The van der Waals surface area contributed by atoms with Gasteiger partial charge in [-0.25, -0.2) is 4.99 Å². The van der Waals surface area contributed by atoms with Crippen LogP contribution in [0.2, 0.25) is 0 Å². The van der Waals surface area contributed by atoms with Crippen LogP contribution in [0, 0.1) is 17.3 Å². The summed E-state index contributed by atoms with van der Waals surface area (Å²) < 4.78 is 0. The summed E-state index contributed by atoms with van der Waals surface area (Å²) in [5, 5.41) is 0.906. The number of carbonyl (C=O) groups is 2. The van der Waals surface area contributed by atoms with Gasteiger partial charge in [0.1, 0.15) is 11.8 Å². The van der Waals surface area contributed by atoms with Crippen molar-refractivity contribution in [3.63, 3.8) is 0 Å². The van der Waals surface area contributed by atoms with Crippen LogP contribution in [0.15, 0.2) is 20.5 Å². The molecule has 0 aromatic rings. The lowest BCUT2D eigenvalue weighted by atomic mass is 9.71. The van der Waals surface area contributed by atoms with E-state index in [1.807, 2.05) is 4.90 Å². The van der Waals surface area contributed by atoms with Crippen LogP contribution in [-0.4, -0.2) is 64.7 Å². The fourth-order valence-electron chi connectivity index (χ4n) is 6.37. The Bertz CT molecular complexity index is 917. The lowest BCUT2D eigenvalue weighted by Crippen LogP contribution is -2.52. The summed E-state index contributed by atoms with van der Waals surface area (Å²) >= 11 is 1.71. The van der Waals surface area contributed by atoms with Crippen molar-refractivity contribution in [3.05, 3.63) is 10.5 Å². The minimum Gasteiger partial charge on any atom is -0.340 e. The Labute approximate surface area is 208 Å². The summed E-state index contributed by atoms with van der Waals surface area (Å²) in [5.74, 6) is 1.05. The van der Waals surface area contributed by atoms with E-state index in [2.05, 4.69) is 30.7 Å². The summed E-state index contributed by atoms with van der Waals surface area (Å²) in [5.41, 5.74) is 1.55. The van der Waals surface area contributed by atoms with Crippen LogP contribution in [0.1, 0.15) is 85.0 Å². The van der Waals surface area contributed by atoms with Crippen LogP contribution in [-0.2, 0) is 9.59 Å². The van der Waals surface area contributed by atoms with Crippen molar-refractivity contribution >= 4 is 34.5 Å². The van der Waals surface area contributed by atoms with Crippen LogP contribution in [0.3, 0.4) is 0 Å². The van der Waals surface area contributed by atoms with E-state index in [-0.39, 0.29) is 23.1 Å². The van der Waals surface area contributed by atoms with Crippen molar-refractivity contribution in [1.29, 1.82) is 0 Å². The minimum absolute atomic E-state index is 0.0692. The smallest absolute Gasteiger partial charge is 0.261 e. The quantitative estimate of drug-likeness (QED) is 0.560. The summed E-state index contributed by atoms with van der Waals surface area (Å²) in [6.45, 7) is 10.6. The van der Waals surface area contributed by atoms with Gasteiger partial charge >= 0.3 is 0 Å². The monoisotopic (exact) mass is 484 g/mol. The summed E-state index contributed by atoms with van der Waals surface area (Å²) in [7, 11) is 0. The van der Waals surface area contributed by atoms with E-state index in [0.717, 1.165) is 56.5 Å². The molecule has 2 aliphatic carbocycles. The van der Waals surface area contributed by atoms with Crippen molar-refractivity contribution in [2.45, 2.75) is 91.0 Å². The van der Waals surface area contributed by atoms with Gasteiger partial charge < -0.3 is 4.90 Å². The molecule has 186 valence electrons. The molecule has 2 fully saturated rings. The second-order valence-corrected chi connectivity index (χ2v) is 12.9. The van der Waals surface area contributed by atoms with E-state index in [9.17, 15) is 9.59 Å². The van der Waals surface area contributed by atoms with Crippen molar-refractivity contribution in [3.8, 4) is 0 Å². The molecule has 34 heavy (non-hydrogen) atoms. The van der Waals surface area contributed by atoms with Gasteiger partial charge in [0, 0.05) is 45.1 Å². The zero-order valence-corrected chi connectivity index (χ0v) is 22.0. The number of aliphatic imine (C=N–C) groups is 2. The fraction of sp³-hybridized carbons (Fsp3) is 0.778. The highest BCUT2D eigenvalue weighted by molar-refractivity contribution is 8.17. The molecular weight excluding hydrogens is 444 g/mol. The van der Waals surface area contributed by atoms with E-state index in [1.165, 1.54) is 42.6 Å². The molecule has 1 saturated heterocycles. The second kappa shape index (κ2) is 9.88. The normalized spacial score (nSPS) is 29.0. The maximum Gasteiger partial charge on any atom is 0.261 e. The highest BCUT2D eigenvalue weighted by atomic mass is 32.2. The second-order valence-electron chi connectivity index (χ2n) is 11.8. The Morgan fingerprint density at radius 3 is 2.47 bits per heavy atom. The summed E-state index contributed by atoms with van der Waals surface area (Å²) in [6.07, 6.45) is 10.7. The van der Waals surface area contributed by atoms with Gasteiger partial charge in [-0.3, -0.25) is 14.5 Å². The van der Waals surface area contributed by atoms with Gasteiger partial charge in [-0.2, -0.15) is 4.99 Å². The Kier molecular flexibility index (Phi) is 7.04. The molecule has 3 heterocycles. The number of amidine groups is 1. The van der Waals surface area contributed by atoms with Crippen LogP contribution in [0.4, 0.5) is 0 Å². The van der Waals surface area contributed by atoms with Crippen molar-refractivity contribution in [2.75, 3.05) is 26.2 Å². The molecule has 5 aliphatic rings. The number of fused-ring (bicyclic) bond motifs is 2. The number of hydrogen-bond donors (Lipinski definition) is 0. The van der Waals surface area contributed by atoms with Gasteiger partial charge in [0.2, 0.25) is 5.91 Å². The average molecular weight is 485 g/mol. The Morgan fingerprint density at radius 2 is 1.76 bits per heavy atom. The van der Waals surface area contributed by atoms with Gasteiger partial charge in [0.15, 0.2) is 0 Å². The highest BCUT2D eigenvalue weighted by Crippen LogP contribution is 2.52. The number of nitrogens with zero attached hydrogens (tertiary/aromatic N) is 4. The largest absolute Gasteiger partial charge is 0.340 e. The molecule has 2 unspecified atom stereocenters. The Morgan fingerprint density at radius 1 is 1.03 bits per heavy atom. The van der Waals surface area contributed by atoms with E-state index < -0.39 is 0 Å². The summed E-state index contributed by atoms with van der Waals surface area (Å²) in [6, 6.07) is 0.722. The first-order valence-corrected chi connectivity index (χ1v) is 14.2. The highest BCUT2D eigenvalue weighted by Gasteiger charge is 2.43. The number of thioether (sulfide) groups is 1. The topological polar surface area (TPSA) is 65.3 Å². The number of rotatable bonds is 4. The molecule has 2 atom stereocenters. The third-order valence-corrected chi connectivity index (χ3v) is 9.86. The lowest BCUT2D eigenvalue weighted by molar-refractivity contribution is -0.133.